The van der Waals surface area contributed by atoms with Gasteiger partial charge in [0.05, 0.1) is 5.69 Å². The van der Waals surface area contributed by atoms with E-state index in [9.17, 15) is 4.79 Å². The van der Waals surface area contributed by atoms with Crippen LogP contribution >= 0.6 is 0 Å². The van der Waals surface area contributed by atoms with Crippen LogP contribution in [0.5, 0.6) is 0 Å². The SMILES string of the molecule is CCCCN(CCCC)C(=O)Nc1c[nH]c2ccccc12. The maximum Gasteiger partial charge on any atom is 0.321 e. The van der Waals surface area contributed by atoms with Crippen LogP contribution in [0, 0.1) is 0 Å². The second-order valence-electron chi connectivity index (χ2n) is 5.37. The molecule has 0 saturated carbocycles. The second kappa shape index (κ2) is 7.72. The van der Waals surface area contributed by atoms with Gasteiger partial charge in [-0.15, -0.1) is 0 Å². The number of unbranched alkanes of at least 4 members (excludes halogenated alkanes) is 2. The van der Waals surface area contributed by atoms with Gasteiger partial charge in [-0.3, -0.25) is 0 Å². The zero-order chi connectivity index (χ0) is 15.1. The van der Waals surface area contributed by atoms with Crippen molar-refractivity contribution in [1.82, 2.24) is 9.88 Å². The fraction of sp³-hybridized carbons (Fsp3) is 0.471. The van der Waals surface area contributed by atoms with Crippen molar-refractivity contribution < 1.29 is 4.79 Å². The summed E-state index contributed by atoms with van der Waals surface area (Å²) in [6, 6.07) is 8.00. The number of aromatic nitrogens is 1. The van der Waals surface area contributed by atoms with E-state index in [1.165, 1.54) is 0 Å². The van der Waals surface area contributed by atoms with Gasteiger partial charge in [0.15, 0.2) is 0 Å². The van der Waals surface area contributed by atoms with Crippen LogP contribution in [-0.4, -0.2) is 29.0 Å². The average Bonchev–Trinajstić information content (AvgIpc) is 2.91. The maximum atomic E-state index is 12.5. The Labute approximate surface area is 126 Å². The molecule has 0 aliphatic rings. The molecule has 2 N–H and O–H groups in total. The highest BCUT2D eigenvalue weighted by Gasteiger charge is 2.14. The van der Waals surface area contributed by atoms with Crippen LogP contribution in [0.15, 0.2) is 30.5 Å². The van der Waals surface area contributed by atoms with Gasteiger partial charge in [0, 0.05) is 30.2 Å². The quantitative estimate of drug-likeness (QED) is 0.768. The largest absolute Gasteiger partial charge is 0.359 e. The second-order valence-corrected chi connectivity index (χ2v) is 5.37. The Balaban J connectivity index is 2.06. The monoisotopic (exact) mass is 287 g/mol. The van der Waals surface area contributed by atoms with Gasteiger partial charge in [-0.05, 0) is 18.9 Å². The fourth-order valence-electron chi connectivity index (χ4n) is 2.38. The minimum atomic E-state index is 0.00153. The summed E-state index contributed by atoms with van der Waals surface area (Å²) in [4.78, 5) is 17.6. The minimum absolute atomic E-state index is 0.00153. The Hall–Kier alpha value is -1.97. The third-order valence-electron chi connectivity index (χ3n) is 3.68. The van der Waals surface area contributed by atoms with Gasteiger partial charge < -0.3 is 15.2 Å². The number of hydrogen-bond acceptors (Lipinski definition) is 1. The number of H-pyrrole nitrogens is 1. The van der Waals surface area contributed by atoms with Crippen molar-refractivity contribution in [2.45, 2.75) is 39.5 Å². The number of fused-ring (bicyclic) bond motifs is 1. The van der Waals surface area contributed by atoms with Crippen LogP contribution in [0.4, 0.5) is 10.5 Å². The lowest BCUT2D eigenvalue weighted by atomic mass is 10.2. The number of urea groups is 1. The van der Waals surface area contributed by atoms with E-state index < -0.39 is 0 Å². The number of anilines is 1. The molecule has 0 unspecified atom stereocenters. The van der Waals surface area contributed by atoms with Crippen LogP contribution in [0.3, 0.4) is 0 Å². The molecule has 2 aromatic rings. The zero-order valence-electron chi connectivity index (χ0n) is 13.0. The lowest BCUT2D eigenvalue weighted by molar-refractivity contribution is 0.210. The number of benzene rings is 1. The summed E-state index contributed by atoms with van der Waals surface area (Å²) in [7, 11) is 0. The molecule has 1 heterocycles. The third-order valence-corrected chi connectivity index (χ3v) is 3.68. The molecule has 4 nitrogen and oxygen atoms in total. The van der Waals surface area contributed by atoms with Gasteiger partial charge in [-0.2, -0.15) is 0 Å². The summed E-state index contributed by atoms with van der Waals surface area (Å²) in [5, 5.41) is 4.09. The molecule has 0 aliphatic carbocycles. The molecule has 2 amide bonds. The summed E-state index contributed by atoms with van der Waals surface area (Å²) >= 11 is 0. The van der Waals surface area contributed by atoms with Crippen LogP contribution in [0.2, 0.25) is 0 Å². The summed E-state index contributed by atoms with van der Waals surface area (Å²) in [6.45, 7) is 5.94. The molecule has 1 aromatic heterocycles. The number of amides is 2. The third kappa shape index (κ3) is 4.00. The van der Waals surface area contributed by atoms with E-state index in [1.54, 1.807) is 0 Å². The number of hydrogen-bond donors (Lipinski definition) is 2. The number of para-hydroxylation sites is 1. The normalized spacial score (nSPS) is 10.8. The van der Waals surface area contributed by atoms with Crippen molar-refractivity contribution in [3.05, 3.63) is 30.5 Å². The van der Waals surface area contributed by atoms with Crippen molar-refractivity contribution in [2.75, 3.05) is 18.4 Å². The molecule has 1 aromatic carbocycles. The maximum absolute atomic E-state index is 12.5. The minimum Gasteiger partial charge on any atom is -0.359 e. The number of aromatic amines is 1. The molecule has 0 bridgehead atoms. The van der Waals surface area contributed by atoms with Gasteiger partial charge in [-0.25, -0.2) is 4.79 Å². The van der Waals surface area contributed by atoms with Crippen LogP contribution in [0.25, 0.3) is 10.9 Å². The van der Waals surface area contributed by atoms with Gasteiger partial charge >= 0.3 is 6.03 Å². The van der Waals surface area contributed by atoms with E-state index in [4.69, 9.17) is 0 Å². The topological polar surface area (TPSA) is 48.1 Å². The number of rotatable bonds is 7. The molecule has 0 aliphatic heterocycles. The molecule has 114 valence electrons. The number of nitrogens with one attached hydrogen (secondary N) is 2. The summed E-state index contributed by atoms with van der Waals surface area (Å²) in [6.07, 6.45) is 6.16. The smallest absolute Gasteiger partial charge is 0.321 e. The fourth-order valence-corrected chi connectivity index (χ4v) is 2.38. The number of nitrogens with zero attached hydrogens (tertiary/aromatic N) is 1. The van der Waals surface area contributed by atoms with Crippen LogP contribution in [0.1, 0.15) is 39.5 Å². The van der Waals surface area contributed by atoms with Gasteiger partial charge in [0.25, 0.3) is 0 Å². The molecular formula is C17H25N3O. The Morgan fingerprint density at radius 1 is 1.14 bits per heavy atom. The molecule has 2 rings (SSSR count). The van der Waals surface area contributed by atoms with E-state index >= 15 is 0 Å². The Kier molecular flexibility index (Phi) is 5.67. The van der Waals surface area contributed by atoms with Crippen molar-refractivity contribution in [2.24, 2.45) is 0 Å². The van der Waals surface area contributed by atoms with E-state index in [2.05, 4.69) is 24.1 Å². The molecule has 0 atom stereocenters. The van der Waals surface area contributed by atoms with Crippen LogP contribution in [-0.2, 0) is 0 Å². The Morgan fingerprint density at radius 2 is 1.81 bits per heavy atom. The van der Waals surface area contributed by atoms with E-state index in [0.717, 1.165) is 55.4 Å². The predicted octanol–water partition coefficient (Wildman–Crippen LogP) is 4.60. The van der Waals surface area contributed by atoms with Gasteiger partial charge in [0.1, 0.15) is 0 Å². The van der Waals surface area contributed by atoms with Crippen molar-refractivity contribution in [1.29, 1.82) is 0 Å². The number of carbonyl (C=O) groups excluding carboxylic acids is 1. The molecule has 0 radical (unpaired) electrons. The molecule has 0 saturated heterocycles. The zero-order valence-corrected chi connectivity index (χ0v) is 13.0. The predicted molar refractivity (Wildman–Crippen MR) is 88.7 cm³/mol. The summed E-state index contributed by atoms with van der Waals surface area (Å²) < 4.78 is 0. The molecule has 21 heavy (non-hydrogen) atoms. The summed E-state index contributed by atoms with van der Waals surface area (Å²) in [5.74, 6) is 0. The van der Waals surface area contributed by atoms with Gasteiger partial charge in [-0.1, -0.05) is 44.9 Å². The highest BCUT2D eigenvalue weighted by atomic mass is 16.2. The van der Waals surface area contributed by atoms with Crippen molar-refractivity contribution in [3.8, 4) is 0 Å². The first-order valence-corrected chi connectivity index (χ1v) is 7.88. The first-order valence-electron chi connectivity index (χ1n) is 7.88. The molecular weight excluding hydrogens is 262 g/mol. The lowest BCUT2D eigenvalue weighted by Crippen LogP contribution is -2.36. The molecule has 4 heteroatoms. The first-order chi connectivity index (χ1) is 10.3. The highest BCUT2D eigenvalue weighted by Crippen LogP contribution is 2.22. The van der Waals surface area contributed by atoms with E-state index in [1.807, 2.05) is 35.4 Å². The van der Waals surface area contributed by atoms with E-state index in [0.29, 0.717) is 0 Å². The average molecular weight is 287 g/mol. The number of carbonyl (C=O) groups is 1. The van der Waals surface area contributed by atoms with Crippen molar-refractivity contribution >= 4 is 22.6 Å². The first kappa shape index (κ1) is 15.4. The van der Waals surface area contributed by atoms with Crippen LogP contribution < -0.4 is 5.32 Å². The lowest BCUT2D eigenvalue weighted by Gasteiger charge is -2.22. The standard InChI is InChI=1S/C17H25N3O/c1-3-5-11-20(12-6-4-2)17(21)19-16-13-18-15-10-8-7-9-14(15)16/h7-10,13,18H,3-6,11-12H2,1-2H3,(H,19,21). The van der Waals surface area contributed by atoms with Crippen molar-refractivity contribution in [3.63, 3.8) is 0 Å². The van der Waals surface area contributed by atoms with Gasteiger partial charge in [0.2, 0.25) is 0 Å². The Morgan fingerprint density at radius 3 is 2.48 bits per heavy atom. The Bertz CT molecular complexity index is 568. The summed E-state index contributed by atoms with van der Waals surface area (Å²) in [5.41, 5.74) is 1.90. The van der Waals surface area contributed by atoms with E-state index in [-0.39, 0.29) is 6.03 Å². The molecule has 0 spiro atoms. The molecule has 0 fully saturated rings. The highest BCUT2D eigenvalue weighted by molar-refractivity contribution is 6.00.